The third-order valence-electron chi connectivity index (χ3n) is 6.40. The minimum atomic E-state index is -0.661. The summed E-state index contributed by atoms with van der Waals surface area (Å²) in [6.07, 6.45) is 4.15. The molecule has 1 aromatic carbocycles. The zero-order valence-electron chi connectivity index (χ0n) is 14.9. The van der Waals surface area contributed by atoms with Crippen molar-refractivity contribution in [2.75, 3.05) is 20.1 Å². The summed E-state index contributed by atoms with van der Waals surface area (Å²) in [4.78, 5) is 16.6. The van der Waals surface area contributed by atoms with Crippen molar-refractivity contribution in [3.05, 3.63) is 34.6 Å². The molecule has 1 atom stereocenters. The first-order chi connectivity index (χ1) is 11.9. The fourth-order valence-electron chi connectivity index (χ4n) is 5.28. The van der Waals surface area contributed by atoms with Gasteiger partial charge in [-0.05, 0) is 61.4 Å². The lowest BCUT2D eigenvalue weighted by atomic mass is 9.60. The van der Waals surface area contributed by atoms with E-state index in [2.05, 4.69) is 23.8 Å². The molecule has 0 radical (unpaired) electrons. The average Bonchev–Trinajstić information content (AvgIpc) is 2.54. The van der Waals surface area contributed by atoms with Gasteiger partial charge < -0.3 is 4.90 Å². The molecule has 1 aromatic rings. The highest BCUT2D eigenvalue weighted by Gasteiger charge is 2.53. The standard InChI is InChI=1S/C19H26FN3O2/c1-3-14-6-16-13(4-12(5-17(16)20)18(24)21-25)9-23(14)15-7-19(8-15)10-22(2)11-19/h4-5,14-15,25H,3,6-11H2,1-2H3,(H,21,24)/t14-/m1/s1. The number of carbonyl (C=O) groups is 1. The predicted octanol–water partition coefficient (Wildman–Crippen LogP) is 2.18. The summed E-state index contributed by atoms with van der Waals surface area (Å²) in [5.74, 6) is -0.995. The zero-order valence-corrected chi connectivity index (χ0v) is 14.9. The highest BCUT2D eigenvalue weighted by Crippen LogP contribution is 2.51. The molecule has 2 fully saturated rings. The first kappa shape index (κ1) is 16.9. The van der Waals surface area contributed by atoms with Crippen molar-refractivity contribution < 1.29 is 14.4 Å². The van der Waals surface area contributed by atoms with E-state index in [0.29, 0.717) is 30.5 Å². The van der Waals surface area contributed by atoms with Crippen molar-refractivity contribution in [2.24, 2.45) is 5.41 Å². The maximum Gasteiger partial charge on any atom is 0.274 e. The summed E-state index contributed by atoms with van der Waals surface area (Å²) in [5, 5.41) is 8.83. The van der Waals surface area contributed by atoms with Gasteiger partial charge in [0.15, 0.2) is 0 Å². The van der Waals surface area contributed by atoms with Crippen molar-refractivity contribution in [3.8, 4) is 0 Å². The van der Waals surface area contributed by atoms with Gasteiger partial charge in [0.25, 0.3) is 5.91 Å². The van der Waals surface area contributed by atoms with Crippen LogP contribution in [0.25, 0.3) is 0 Å². The van der Waals surface area contributed by atoms with Crippen molar-refractivity contribution in [2.45, 2.75) is 51.2 Å². The van der Waals surface area contributed by atoms with Crippen LogP contribution in [0.4, 0.5) is 4.39 Å². The Balaban J connectivity index is 1.56. The Hall–Kier alpha value is -1.50. The van der Waals surface area contributed by atoms with E-state index in [0.717, 1.165) is 17.5 Å². The summed E-state index contributed by atoms with van der Waals surface area (Å²) in [7, 11) is 2.17. The first-order valence-electron chi connectivity index (χ1n) is 9.15. The molecule has 1 spiro atoms. The lowest BCUT2D eigenvalue weighted by Crippen LogP contribution is -2.66. The summed E-state index contributed by atoms with van der Waals surface area (Å²) in [6, 6.07) is 3.88. The third-order valence-corrected chi connectivity index (χ3v) is 6.40. The third kappa shape index (κ3) is 2.76. The summed E-state index contributed by atoms with van der Waals surface area (Å²) in [6.45, 7) is 5.24. The maximum absolute atomic E-state index is 14.5. The summed E-state index contributed by atoms with van der Waals surface area (Å²) < 4.78 is 14.5. The molecule has 25 heavy (non-hydrogen) atoms. The van der Waals surface area contributed by atoms with E-state index in [1.165, 1.54) is 32.0 Å². The quantitative estimate of drug-likeness (QED) is 0.650. The second-order valence-corrected chi connectivity index (χ2v) is 8.21. The molecule has 1 saturated heterocycles. The summed E-state index contributed by atoms with van der Waals surface area (Å²) in [5.41, 5.74) is 3.91. The van der Waals surface area contributed by atoms with E-state index >= 15 is 0 Å². The minimum Gasteiger partial charge on any atom is -0.305 e. The van der Waals surface area contributed by atoms with Crippen LogP contribution < -0.4 is 5.48 Å². The Kier molecular flexibility index (Phi) is 4.09. The molecule has 1 aliphatic carbocycles. The van der Waals surface area contributed by atoms with E-state index in [9.17, 15) is 9.18 Å². The van der Waals surface area contributed by atoms with Gasteiger partial charge in [0, 0.05) is 37.3 Å². The summed E-state index contributed by atoms with van der Waals surface area (Å²) >= 11 is 0. The van der Waals surface area contributed by atoms with Crippen LogP contribution >= 0.6 is 0 Å². The monoisotopic (exact) mass is 347 g/mol. The van der Waals surface area contributed by atoms with Gasteiger partial charge in [0.05, 0.1) is 0 Å². The lowest BCUT2D eigenvalue weighted by Gasteiger charge is -2.62. The highest BCUT2D eigenvalue weighted by atomic mass is 19.1. The number of benzene rings is 1. The van der Waals surface area contributed by atoms with Gasteiger partial charge in [-0.2, -0.15) is 0 Å². The number of carbonyl (C=O) groups excluding carboxylic acids is 1. The molecule has 2 aliphatic heterocycles. The van der Waals surface area contributed by atoms with Gasteiger partial charge in [-0.15, -0.1) is 0 Å². The van der Waals surface area contributed by atoms with Crippen LogP contribution in [0.5, 0.6) is 0 Å². The van der Waals surface area contributed by atoms with Crippen molar-refractivity contribution in [3.63, 3.8) is 0 Å². The van der Waals surface area contributed by atoms with Gasteiger partial charge in [0.2, 0.25) is 0 Å². The lowest BCUT2D eigenvalue weighted by molar-refractivity contribution is -0.112. The van der Waals surface area contributed by atoms with E-state index in [-0.39, 0.29) is 11.4 Å². The molecule has 136 valence electrons. The van der Waals surface area contributed by atoms with Crippen LogP contribution in [0.3, 0.4) is 0 Å². The van der Waals surface area contributed by atoms with Gasteiger partial charge in [-0.1, -0.05) is 6.92 Å². The van der Waals surface area contributed by atoms with Gasteiger partial charge in [-0.25, -0.2) is 9.87 Å². The van der Waals surface area contributed by atoms with Crippen LogP contribution in [0.2, 0.25) is 0 Å². The molecule has 0 unspecified atom stereocenters. The van der Waals surface area contributed by atoms with Crippen molar-refractivity contribution in [1.82, 2.24) is 15.3 Å². The number of hydrogen-bond acceptors (Lipinski definition) is 4. The Morgan fingerprint density at radius 2 is 2.12 bits per heavy atom. The number of likely N-dealkylation sites (tertiary alicyclic amines) is 1. The minimum absolute atomic E-state index is 0.180. The Morgan fingerprint density at radius 1 is 1.40 bits per heavy atom. The molecule has 0 bridgehead atoms. The van der Waals surface area contributed by atoms with Gasteiger partial charge in [-0.3, -0.25) is 14.9 Å². The number of nitrogens with zero attached hydrogens (tertiary/aromatic N) is 2. The van der Waals surface area contributed by atoms with Gasteiger partial charge in [0.1, 0.15) is 5.82 Å². The van der Waals surface area contributed by atoms with Crippen LogP contribution in [-0.4, -0.2) is 53.1 Å². The van der Waals surface area contributed by atoms with E-state index < -0.39 is 5.91 Å². The number of nitrogens with one attached hydrogen (secondary N) is 1. The zero-order chi connectivity index (χ0) is 17.8. The number of hydrogen-bond donors (Lipinski definition) is 2. The number of halogens is 1. The fourth-order valence-corrected chi connectivity index (χ4v) is 5.28. The highest BCUT2D eigenvalue weighted by molar-refractivity contribution is 5.93. The second kappa shape index (κ2) is 6.04. The maximum atomic E-state index is 14.5. The normalized spacial score (nSPS) is 26.0. The van der Waals surface area contributed by atoms with Crippen LogP contribution in [0.15, 0.2) is 12.1 Å². The average molecular weight is 347 g/mol. The van der Waals surface area contributed by atoms with E-state index in [1.807, 2.05) is 0 Å². The molecule has 5 nitrogen and oxygen atoms in total. The first-order valence-corrected chi connectivity index (χ1v) is 9.15. The predicted molar refractivity (Wildman–Crippen MR) is 91.9 cm³/mol. The molecule has 2 N–H and O–H groups in total. The number of rotatable bonds is 3. The molecule has 4 rings (SSSR count). The topological polar surface area (TPSA) is 55.8 Å². The SMILES string of the molecule is CC[C@@H]1Cc2c(F)cc(C(=O)NO)cc2CN1C1CC2(C1)CN(C)C2. The largest absolute Gasteiger partial charge is 0.305 e. The Labute approximate surface area is 147 Å². The second-order valence-electron chi connectivity index (χ2n) is 8.21. The molecule has 2 heterocycles. The molecular formula is C19H26FN3O2. The van der Waals surface area contributed by atoms with Gasteiger partial charge >= 0.3 is 0 Å². The fraction of sp³-hybridized carbons (Fsp3) is 0.632. The Morgan fingerprint density at radius 3 is 2.72 bits per heavy atom. The molecular weight excluding hydrogens is 321 g/mol. The van der Waals surface area contributed by atoms with Crippen LogP contribution in [0.1, 0.15) is 47.7 Å². The van der Waals surface area contributed by atoms with E-state index in [1.54, 1.807) is 11.5 Å². The number of amides is 1. The van der Waals surface area contributed by atoms with Crippen molar-refractivity contribution >= 4 is 5.91 Å². The smallest absolute Gasteiger partial charge is 0.274 e. The molecule has 6 heteroatoms. The molecule has 0 aromatic heterocycles. The molecule has 1 amide bonds. The van der Waals surface area contributed by atoms with Crippen molar-refractivity contribution in [1.29, 1.82) is 0 Å². The number of fused-ring (bicyclic) bond motifs is 1. The Bertz CT molecular complexity index is 694. The molecule has 1 saturated carbocycles. The van der Waals surface area contributed by atoms with E-state index in [4.69, 9.17) is 5.21 Å². The number of hydroxylamine groups is 1. The van der Waals surface area contributed by atoms with Crippen LogP contribution in [-0.2, 0) is 13.0 Å². The molecule has 3 aliphatic rings. The van der Waals surface area contributed by atoms with Crippen LogP contribution in [0, 0.1) is 11.2 Å².